The van der Waals surface area contributed by atoms with Gasteiger partial charge in [0.05, 0.1) is 37.1 Å². The molecule has 13 heteroatoms. The van der Waals surface area contributed by atoms with Gasteiger partial charge in [-0.3, -0.25) is 14.4 Å². The average molecular weight is 832 g/mol. The number of fused-ring (bicyclic) bond motifs is 3. The molecule has 14 atom stereocenters. The highest BCUT2D eigenvalue weighted by molar-refractivity contribution is 6.39. The molecule has 3 N–H and O–H groups in total. The second-order valence-electron chi connectivity index (χ2n) is 17.8. The first-order chi connectivity index (χ1) is 28.0. The summed E-state index contributed by atoms with van der Waals surface area (Å²) in [6, 6.07) is -1.14. The number of piperidine rings is 1. The van der Waals surface area contributed by atoms with Gasteiger partial charge >= 0.3 is 5.97 Å². The largest absolute Gasteiger partial charge is 0.456 e. The molecule has 13 nitrogen and oxygen atoms in total. The summed E-state index contributed by atoms with van der Waals surface area (Å²) in [7, 11) is 3.06. The van der Waals surface area contributed by atoms with Crippen molar-refractivity contribution in [3.05, 3.63) is 35.5 Å². The quantitative estimate of drug-likeness (QED) is 0.161. The molecule has 0 aromatic carbocycles. The van der Waals surface area contributed by atoms with Crippen molar-refractivity contribution >= 4 is 23.4 Å². The van der Waals surface area contributed by atoms with Gasteiger partial charge in [-0.15, -0.1) is 0 Å². The van der Waals surface area contributed by atoms with Crippen LogP contribution < -0.4 is 0 Å². The summed E-state index contributed by atoms with van der Waals surface area (Å²) < 4.78 is 30.1. The minimum atomic E-state index is -2.51. The Morgan fingerprint density at radius 3 is 2.29 bits per heavy atom. The van der Waals surface area contributed by atoms with Crippen molar-refractivity contribution in [1.82, 2.24) is 4.90 Å². The first-order valence-corrected chi connectivity index (χ1v) is 22.0. The Morgan fingerprint density at radius 1 is 0.949 bits per heavy atom. The van der Waals surface area contributed by atoms with Crippen molar-refractivity contribution in [3.63, 3.8) is 0 Å². The Hall–Kier alpha value is -2.78. The van der Waals surface area contributed by atoms with E-state index in [1.54, 1.807) is 13.8 Å². The number of amides is 1. The number of carbonyl (C=O) groups excluding carboxylic acids is 4. The van der Waals surface area contributed by atoms with E-state index in [1.807, 2.05) is 52.0 Å². The van der Waals surface area contributed by atoms with Crippen LogP contribution in [0.1, 0.15) is 119 Å². The van der Waals surface area contributed by atoms with Gasteiger partial charge in [0.1, 0.15) is 24.0 Å². The molecule has 1 saturated carbocycles. The molecule has 2 bridgehead atoms. The Bertz CT molecular complexity index is 1530. The Kier molecular flexibility index (Phi) is 18.5. The zero-order chi connectivity index (χ0) is 43.6. The van der Waals surface area contributed by atoms with E-state index in [0.29, 0.717) is 57.1 Å². The van der Waals surface area contributed by atoms with Gasteiger partial charge in [-0.1, -0.05) is 57.6 Å². The number of aliphatic hydroxyl groups excluding tert-OH is 2. The maximum Gasteiger partial charge on any atom is 0.329 e. The number of allylic oxidation sites excluding steroid dienone is 4. The fourth-order valence-corrected chi connectivity index (χ4v) is 9.61. The molecule has 3 aliphatic heterocycles. The third-order valence-corrected chi connectivity index (χ3v) is 13.2. The number of rotatable bonds is 8. The van der Waals surface area contributed by atoms with Crippen molar-refractivity contribution in [2.24, 2.45) is 29.6 Å². The van der Waals surface area contributed by atoms with E-state index in [1.165, 1.54) is 19.1 Å². The predicted octanol–water partition coefficient (Wildman–Crippen LogP) is 5.42. The first-order valence-electron chi connectivity index (χ1n) is 22.0. The number of esters is 1. The molecular formula is C46H73NO12. The summed E-state index contributed by atoms with van der Waals surface area (Å²) >= 11 is 0. The summed E-state index contributed by atoms with van der Waals surface area (Å²) in [6.07, 6.45) is 7.36. The highest BCUT2D eigenvalue weighted by Crippen LogP contribution is 2.39. The van der Waals surface area contributed by atoms with E-state index in [9.17, 15) is 34.5 Å². The number of aliphatic hydroxyl groups is 3. The van der Waals surface area contributed by atoms with Crippen LogP contribution in [0.15, 0.2) is 35.5 Å². The lowest BCUT2D eigenvalue weighted by atomic mass is 9.81. The van der Waals surface area contributed by atoms with Crippen LogP contribution in [-0.2, 0) is 42.9 Å². The van der Waals surface area contributed by atoms with E-state index >= 15 is 0 Å². The highest BCUT2D eigenvalue weighted by Gasteiger charge is 2.56. The Morgan fingerprint density at radius 2 is 1.64 bits per heavy atom. The molecule has 4 rings (SSSR count). The first kappa shape index (κ1) is 48.9. The maximum absolute atomic E-state index is 14.3. The summed E-state index contributed by atoms with van der Waals surface area (Å²) in [5, 5.41) is 34.7. The number of ether oxygens (including phenoxy) is 5. The molecule has 4 aliphatic rings. The lowest BCUT2D eigenvalue weighted by molar-refractivity contribution is -0.302. The van der Waals surface area contributed by atoms with E-state index in [0.717, 1.165) is 12.0 Å². The van der Waals surface area contributed by atoms with Gasteiger partial charge in [-0.2, -0.15) is 0 Å². The molecule has 334 valence electrons. The van der Waals surface area contributed by atoms with Crippen LogP contribution in [0, 0.1) is 29.6 Å². The summed E-state index contributed by atoms with van der Waals surface area (Å²) in [4.78, 5) is 57.9. The molecule has 1 aliphatic carbocycles. The maximum atomic E-state index is 14.3. The number of carbonyl (C=O) groups is 4. The minimum absolute atomic E-state index is 0.0316. The van der Waals surface area contributed by atoms with E-state index in [4.69, 9.17) is 23.7 Å². The number of nitrogens with zero attached hydrogens (tertiary/aromatic N) is 1. The number of hydrogen-bond donors (Lipinski definition) is 3. The molecular weight excluding hydrogens is 759 g/mol. The molecule has 1 unspecified atom stereocenters. The second kappa shape index (κ2) is 22.4. The third kappa shape index (κ3) is 12.2. The van der Waals surface area contributed by atoms with Crippen molar-refractivity contribution in [1.29, 1.82) is 0 Å². The molecule has 3 fully saturated rings. The molecule has 3 heterocycles. The molecule has 59 heavy (non-hydrogen) atoms. The zero-order valence-corrected chi connectivity index (χ0v) is 37.0. The lowest BCUT2D eigenvalue weighted by Crippen LogP contribution is -2.64. The molecule has 2 saturated heterocycles. The SMILES string of the molecule is C/C=C/CO[C@@H]1CC[C@@H](/C=C(\C)[C@H]2OC(=O)[C@@H]3CCCCN3C(=O)C(=O)C3(O)O[C@H]([C@@H](OC)C[C@@H](C)C/C(C)=C/[C@@H](CC)C(=O)C[C@H](O)[C@H]2C)[C@@H](OC)C[C@@H]3C)C[C@H]1O. The number of cyclic esters (lactones) is 1. The van der Waals surface area contributed by atoms with Gasteiger partial charge in [0.15, 0.2) is 0 Å². The number of hydrogen-bond acceptors (Lipinski definition) is 12. The van der Waals surface area contributed by atoms with Gasteiger partial charge < -0.3 is 43.9 Å². The lowest BCUT2D eigenvalue weighted by Gasteiger charge is -2.47. The summed E-state index contributed by atoms with van der Waals surface area (Å²) in [5.41, 5.74) is 1.64. The smallest absolute Gasteiger partial charge is 0.329 e. The van der Waals surface area contributed by atoms with Gasteiger partial charge in [0.25, 0.3) is 11.7 Å². The van der Waals surface area contributed by atoms with Crippen molar-refractivity contribution in [3.8, 4) is 0 Å². The van der Waals surface area contributed by atoms with Crippen LogP contribution in [-0.4, -0.2) is 126 Å². The van der Waals surface area contributed by atoms with Crippen LogP contribution in [0.4, 0.5) is 0 Å². The highest BCUT2D eigenvalue weighted by atomic mass is 16.7. The fourth-order valence-electron chi connectivity index (χ4n) is 9.61. The number of Topliss-reactive ketones (excluding diaryl/α,β-unsaturated/α-hetero) is 2. The Labute approximate surface area is 351 Å². The van der Waals surface area contributed by atoms with E-state index in [-0.39, 0.29) is 49.5 Å². The fraction of sp³-hybridized carbons (Fsp3) is 0.783. The van der Waals surface area contributed by atoms with Gasteiger partial charge in [0.2, 0.25) is 5.79 Å². The summed E-state index contributed by atoms with van der Waals surface area (Å²) in [5.74, 6) is -7.62. The minimum Gasteiger partial charge on any atom is -0.456 e. The molecule has 0 aromatic heterocycles. The number of methoxy groups -OCH3 is 2. The van der Waals surface area contributed by atoms with Crippen molar-refractivity contribution in [2.75, 3.05) is 27.4 Å². The van der Waals surface area contributed by atoms with Crippen LogP contribution in [0.2, 0.25) is 0 Å². The van der Waals surface area contributed by atoms with Crippen LogP contribution in [0.3, 0.4) is 0 Å². The topological polar surface area (TPSA) is 178 Å². The molecule has 0 radical (unpaired) electrons. The van der Waals surface area contributed by atoms with E-state index < -0.39 is 83.9 Å². The van der Waals surface area contributed by atoms with Crippen molar-refractivity contribution < 1.29 is 58.2 Å². The van der Waals surface area contributed by atoms with Crippen LogP contribution in [0.5, 0.6) is 0 Å². The van der Waals surface area contributed by atoms with Gasteiger partial charge in [0, 0.05) is 44.9 Å². The third-order valence-electron chi connectivity index (χ3n) is 13.2. The predicted molar refractivity (Wildman–Crippen MR) is 222 cm³/mol. The van der Waals surface area contributed by atoms with Crippen LogP contribution >= 0.6 is 0 Å². The molecule has 1 amide bonds. The second-order valence-corrected chi connectivity index (χ2v) is 17.8. The molecule has 0 aromatic rings. The average Bonchev–Trinajstić information content (AvgIpc) is 3.21. The van der Waals surface area contributed by atoms with Gasteiger partial charge in [-0.05, 0) is 102 Å². The number of ketones is 2. The van der Waals surface area contributed by atoms with E-state index in [2.05, 4.69) is 6.92 Å². The summed E-state index contributed by atoms with van der Waals surface area (Å²) in [6.45, 7) is 13.6. The normalized spacial score (nSPS) is 40.2. The van der Waals surface area contributed by atoms with Crippen LogP contribution in [0.25, 0.3) is 0 Å². The van der Waals surface area contributed by atoms with Gasteiger partial charge in [-0.25, -0.2) is 4.79 Å². The monoisotopic (exact) mass is 832 g/mol. The standard InChI is InChI=1S/C46H73NO12/c1-10-12-19-57-38-17-16-32(25-37(38)50)23-29(5)41-31(7)35(48)26-36(49)33(11-2)21-27(3)20-28(4)22-39(55-8)42-40(56-9)24-30(6)46(54,59-42)43(51)44(52)47-18-14-13-15-34(47)45(53)58-41/h10,12,21,23,28,30-35,37-42,48,50,54H,11,13-20,22,24-26H2,1-9H3/b12-10+,27-21+,29-23+/t28-,30-,31+,32-,33+,34-,35-,37+,38+,39-,40-,41+,42+,46?/m0/s1. The molecule has 0 spiro atoms. The Balaban J connectivity index is 1.73. The zero-order valence-electron chi connectivity index (χ0n) is 37.0. The van der Waals surface area contributed by atoms with Crippen molar-refractivity contribution in [2.45, 2.75) is 174 Å².